The van der Waals surface area contributed by atoms with Gasteiger partial charge in [-0.15, -0.1) is 0 Å². The summed E-state index contributed by atoms with van der Waals surface area (Å²) < 4.78 is 13.1. The van der Waals surface area contributed by atoms with Gasteiger partial charge in [0.15, 0.2) is 0 Å². The second kappa shape index (κ2) is 6.31. The Bertz CT molecular complexity index is 683. The fourth-order valence-corrected chi connectivity index (χ4v) is 1.80. The van der Waals surface area contributed by atoms with E-state index in [0.717, 1.165) is 6.20 Å². The van der Waals surface area contributed by atoms with Gasteiger partial charge in [-0.05, 0) is 17.7 Å². The number of rotatable bonds is 5. The van der Waals surface area contributed by atoms with Crippen LogP contribution in [0, 0.1) is 15.9 Å². The van der Waals surface area contributed by atoms with Crippen LogP contribution in [0.3, 0.4) is 0 Å². The van der Waals surface area contributed by atoms with E-state index in [4.69, 9.17) is 11.6 Å². The molecule has 0 aliphatic rings. The van der Waals surface area contributed by atoms with Gasteiger partial charge in [0.25, 0.3) is 0 Å². The molecule has 7 nitrogen and oxygen atoms in total. The largest absolute Gasteiger partial charge is 0.360 e. The van der Waals surface area contributed by atoms with Gasteiger partial charge >= 0.3 is 5.69 Å². The predicted octanol–water partition coefficient (Wildman–Crippen LogP) is 2.83. The minimum Gasteiger partial charge on any atom is -0.360 e. The lowest BCUT2D eigenvalue weighted by molar-refractivity contribution is -0.384. The van der Waals surface area contributed by atoms with E-state index in [0.29, 0.717) is 5.56 Å². The first-order chi connectivity index (χ1) is 10.0. The molecular weight excluding hydrogens is 301 g/mol. The Hall–Kier alpha value is -2.48. The number of anilines is 2. The zero-order chi connectivity index (χ0) is 15.4. The van der Waals surface area contributed by atoms with Crippen LogP contribution in [-0.2, 0) is 6.54 Å². The normalized spacial score (nSPS) is 10.2. The van der Waals surface area contributed by atoms with Crippen LogP contribution in [0.25, 0.3) is 0 Å². The van der Waals surface area contributed by atoms with E-state index in [-0.39, 0.29) is 29.0 Å². The highest BCUT2D eigenvalue weighted by Gasteiger charge is 2.16. The molecule has 1 aromatic carbocycles. The fraction of sp³-hybridized carbons (Fsp3) is 0.167. The molecule has 0 aliphatic carbocycles. The highest BCUT2D eigenvalue weighted by Crippen LogP contribution is 2.23. The first kappa shape index (κ1) is 14.9. The Labute approximate surface area is 124 Å². The van der Waals surface area contributed by atoms with Gasteiger partial charge in [0, 0.05) is 13.6 Å². The van der Waals surface area contributed by atoms with Crippen molar-refractivity contribution in [3.05, 3.63) is 50.9 Å². The molecule has 1 aromatic heterocycles. The zero-order valence-corrected chi connectivity index (χ0v) is 11.7. The molecular formula is C12H11ClFN5O2. The number of aromatic nitrogens is 2. The Morgan fingerprint density at radius 3 is 2.86 bits per heavy atom. The molecule has 0 saturated heterocycles. The lowest BCUT2D eigenvalue weighted by Crippen LogP contribution is -2.07. The van der Waals surface area contributed by atoms with Crippen molar-refractivity contribution in [2.45, 2.75) is 6.54 Å². The molecule has 0 spiro atoms. The molecule has 2 N–H and O–H groups in total. The van der Waals surface area contributed by atoms with Crippen molar-refractivity contribution >= 4 is 29.1 Å². The standard InChI is InChI=1S/C12H11ClFN5O2/c1-15-12-17-6-10(19(20)21)11(18-12)16-5-7-2-3-9(14)8(13)4-7/h2-4,6H,5H2,1H3,(H2,15,16,17,18). The minimum atomic E-state index is -0.584. The molecule has 1 heterocycles. The van der Waals surface area contributed by atoms with Crippen LogP contribution in [0.2, 0.25) is 5.02 Å². The maximum Gasteiger partial charge on any atom is 0.329 e. The molecule has 0 atom stereocenters. The molecule has 0 unspecified atom stereocenters. The first-order valence-corrected chi connectivity index (χ1v) is 6.26. The summed E-state index contributed by atoms with van der Waals surface area (Å²) in [5.74, 6) is -0.203. The lowest BCUT2D eigenvalue weighted by Gasteiger charge is -2.08. The summed E-state index contributed by atoms with van der Waals surface area (Å²) >= 11 is 5.68. The van der Waals surface area contributed by atoms with Crippen molar-refractivity contribution in [3.63, 3.8) is 0 Å². The van der Waals surface area contributed by atoms with E-state index in [2.05, 4.69) is 20.6 Å². The molecule has 110 valence electrons. The Morgan fingerprint density at radius 2 is 2.24 bits per heavy atom. The average molecular weight is 312 g/mol. The van der Waals surface area contributed by atoms with Crippen molar-refractivity contribution in [2.75, 3.05) is 17.7 Å². The number of halogens is 2. The lowest BCUT2D eigenvalue weighted by atomic mass is 10.2. The van der Waals surface area contributed by atoms with Crippen molar-refractivity contribution in [3.8, 4) is 0 Å². The third-order valence-corrected chi connectivity index (χ3v) is 2.92. The third kappa shape index (κ3) is 3.54. The van der Waals surface area contributed by atoms with Crippen molar-refractivity contribution in [1.29, 1.82) is 0 Å². The summed E-state index contributed by atoms with van der Waals surface area (Å²) in [4.78, 5) is 18.1. The molecule has 0 bridgehead atoms. The minimum absolute atomic E-state index is 0.0117. The van der Waals surface area contributed by atoms with Gasteiger partial charge in [0.2, 0.25) is 11.8 Å². The summed E-state index contributed by atoms with van der Waals surface area (Å²) in [6, 6.07) is 4.20. The molecule has 2 aromatic rings. The van der Waals surface area contributed by atoms with Gasteiger partial charge in [-0.3, -0.25) is 10.1 Å². The van der Waals surface area contributed by atoms with E-state index in [1.165, 1.54) is 18.2 Å². The predicted molar refractivity (Wildman–Crippen MR) is 77.0 cm³/mol. The molecule has 21 heavy (non-hydrogen) atoms. The second-order valence-corrected chi connectivity index (χ2v) is 4.44. The number of benzene rings is 1. The van der Waals surface area contributed by atoms with Crippen molar-refractivity contribution < 1.29 is 9.31 Å². The summed E-state index contributed by atoms with van der Waals surface area (Å²) in [6.45, 7) is 0.209. The molecule has 2 rings (SSSR count). The smallest absolute Gasteiger partial charge is 0.329 e. The van der Waals surface area contributed by atoms with Crippen LogP contribution in [0.15, 0.2) is 24.4 Å². The summed E-state index contributed by atoms with van der Waals surface area (Å²) in [7, 11) is 1.60. The third-order valence-electron chi connectivity index (χ3n) is 2.63. The molecule has 0 fully saturated rings. The van der Waals surface area contributed by atoms with Crippen molar-refractivity contribution in [1.82, 2.24) is 9.97 Å². The summed E-state index contributed by atoms with van der Waals surface area (Å²) in [5.41, 5.74) is 0.419. The maximum absolute atomic E-state index is 13.1. The highest BCUT2D eigenvalue weighted by molar-refractivity contribution is 6.30. The topological polar surface area (TPSA) is 93.0 Å². The van der Waals surface area contributed by atoms with Crippen LogP contribution in [-0.4, -0.2) is 21.9 Å². The fourth-order valence-electron chi connectivity index (χ4n) is 1.59. The van der Waals surface area contributed by atoms with Crippen molar-refractivity contribution in [2.24, 2.45) is 0 Å². The molecule has 0 aliphatic heterocycles. The van der Waals surface area contributed by atoms with E-state index in [1.54, 1.807) is 7.05 Å². The summed E-state index contributed by atoms with van der Waals surface area (Å²) in [5, 5.41) is 16.4. The van der Waals surface area contributed by atoms with Crippen LogP contribution in [0.1, 0.15) is 5.56 Å². The highest BCUT2D eigenvalue weighted by atomic mass is 35.5. The quantitative estimate of drug-likeness (QED) is 0.651. The van der Waals surface area contributed by atoms with Gasteiger partial charge < -0.3 is 10.6 Å². The van der Waals surface area contributed by atoms with Crippen LogP contribution < -0.4 is 10.6 Å². The monoisotopic (exact) mass is 311 g/mol. The van der Waals surface area contributed by atoms with Crippen LogP contribution in [0.4, 0.5) is 21.8 Å². The zero-order valence-electron chi connectivity index (χ0n) is 10.9. The van der Waals surface area contributed by atoms with E-state index < -0.39 is 10.7 Å². The van der Waals surface area contributed by atoms with E-state index in [1.807, 2.05) is 0 Å². The van der Waals surface area contributed by atoms with Gasteiger partial charge in [0.1, 0.15) is 12.0 Å². The molecule has 0 radical (unpaired) electrons. The number of nitro groups is 1. The van der Waals surface area contributed by atoms with Crippen LogP contribution in [0.5, 0.6) is 0 Å². The molecule has 0 amide bonds. The Balaban J connectivity index is 2.21. The van der Waals surface area contributed by atoms with Crippen LogP contribution >= 0.6 is 11.6 Å². The number of nitrogens with zero attached hydrogens (tertiary/aromatic N) is 3. The number of hydrogen-bond acceptors (Lipinski definition) is 6. The SMILES string of the molecule is CNc1ncc([N+](=O)[O-])c(NCc2ccc(F)c(Cl)c2)n1. The molecule has 0 saturated carbocycles. The van der Waals surface area contributed by atoms with E-state index >= 15 is 0 Å². The van der Waals surface area contributed by atoms with Gasteiger partial charge in [0.05, 0.1) is 9.95 Å². The Kier molecular flexibility index (Phi) is 4.49. The van der Waals surface area contributed by atoms with Gasteiger partial charge in [-0.2, -0.15) is 4.98 Å². The molecule has 9 heteroatoms. The van der Waals surface area contributed by atoms with E-state index in [9.17, 15) is 14.5 Å². The number of hydrogen-bond donors (Lipinski definition) is 2. The maximum atomic E-state index is 13.1. The first-order valence-electron chi connectivity index (χ1n) is 5.88. The summed E-state index contributed by atoms with van der Waals surface area (Å²) in [6.07, 6.45) is 1.11. The van der Waals surface area contributed by atoms with Gasteiger partial charge in [-0.25, -0.2) is 9.37 Å². The Morgan fingerprint density at radius 1 is 1.48 bits per heavy atom. The van der Waals surface area contributed by atoms with Gasteiger partial charge in [-0.1, -0.05) is 17.7 Å². The average Bonchev–Trinajstić information content (AvgIpc) is 2.48. The number of nitrogens with one attached hydrogen (secondary N) is 2. The second-order valence-electron chi connectivity index (χ2n) is 4.04.